The van der Waals surface area contributed by atoms with E-state index < -0.39 is 11.7 Å². The first kappa shape index (κ1) is 19.3. The summed E-state index contributed by atoms with van der Waals surface area (Å²) in [4.78, 5) is 20.2. The quantitative estimate of drug-likeness (QED) is 0.666. The van der Waals surface area contributed by atoms with Gasteiger partial charge in [-0.05, 0) is 36.2 Å². The van der Waals surface area contributed by atoms with Crippen molar-refractivity contribution in [1.29, 1.82) is 0 Å². The Bertz CT molecular complexity index is 928. The molecule has 5 nitrogen and oxygen atoms in total. The molecule has 0 saturated heterocycles. The molecule has 0 saturated carbocycles. The van der Waals surface area contributed by atoms with Crippen molar-refractivity contribution in [2.24, 2.45) is 0 Å². The second kappa shape index (κ2) is 8.51. The third-order valence-corrected chi connectivity index (χ3v) is 3.93. The van der Waals surface area contributed by atoms with E-state index in [2.05, 4.69) is 20.6 Å². The molecule has 8 heteroatoms. The fourth-order valence-electron chi connectivity index (χ4n) is 2.50. The van der Waals surface area contributed by atoms with Gasteiger partial charge in [-0.1, -0.05) is 30.3 Å². The molecule has 1 amide bonds. The molecule has 28 heavy (non-hydrogen) atoms. The first-order valence-corrected chi connectivity index (χ1v) is 8.50. The average molecular weight is 386 g/mol. The van der Waals surface area contributed by atoms with Crippen LogP contribution in [0.4, 0.5) is 24.7 Å². The standard InChI is InChI=1S/C20H17F3N4O/c21-20(22,23)15-6-8-16(9-7-15)27-18-12-17(25-13-26-18)19(28)24-11-10-14-4-2-1-3-5-14/h1-9,12-13H,10-11H2,(H,24,28)(H,25,26,27). The fraction of sp³-hybridized carbons (Fsp3) is 0.150. The first-order valence-electron chi connectivity index (χ1n) is 8.50. The van der Waals surface area contributed by atoms with Crippen LogP contribution in [0.15, 0.2) is 67.0 Å². The molecule has 0 aliphatic rings. The molecule has 0 aliphatic carbocycles. The van der Waals surface area contributed by atoms with Crippen LogP contribution in [0, 0.1) is 0 Å². The van der Waals surface area contributed by atoms with Crippen LogP contribution in [-0.4, -0.2) is 22.4 Å². The number of anilines is 2. The van der Waals surface area contributed by atoms with Crippen molar-refractivity contribution in [3.63, 3.8) is 0 Å². The van der Waals surface area contributed by atoms with Crippen molar-refractivity contribution in [1.82, 2.24) is 15.3 Å². The van der Waals surface area contributed by atoms with Gasteiger partial charge in [0.15, 0.2) is 0 Å². The lowest BCUT2D eigenvalue weighted by Crippen LogP contribution is -2.26. The van der Waals surface area contributed by atoms with Crippen LogP contribution in [0.1, 0.15) is 21.6 Å². The Hall–Kier alpha value is -3.42. The summed E-state index contributed by atoms with van der Waals surface area (Å²) in [7, 11) is 0. The molecule has 0 fully saturated rings. The minimum Gasteiger partial charge on any atom is -0.350 e. The van der Waals surface area contributed by atoms with Crippen LogP contribution in [0.5, 0.6) is 0 Å². The van der Waals surface area contributed by atoms with Gasteiger partial charge in [-0.2, -0.15) is 13.2 Å². The number of aromatic nitrogens is 2. The molecule has 1 heterocycles. The van der Waals surface area contributed by atoms with Gasteiger partial charge in [0.2, 0.25) is 0 Å². The molecule has 2 N–H and O–H groups in total. The van der Waals surface area contributed by atoms with Crippen molar-refractivity contribution >= 4 is 17.4 Å². The van der Waals surface area contributed by atoms with E-state index in [4.69, 9.17) is 0 Å². The number of amides is 1. The lowest BCUT2D eigenvalue weighted by atomic mass is 10.1. The summed E-state index contributed by atoms with van der Waals surface area (Å²) in [5.41, 5.74) is 0.953. The number of hydrogen-bond acceptors (Lipinski definition) is 4. The highest BCUT2D eigenvalue weighted by molar-refractivity contribution is 5.92. The molecule has 0 bridgehead atoms. The summed E-state index contributed by atoms with van der Waals surface area (Å²) in [5.74, 6) is -0.0447. The van der Waals surface area contributed by atoms with Crippen molar-refractivity contribution < 1.29 is 18.0 Å². The number of carbonyl (C=O) groups is 1. The maximum atomic E-state index is 12.6. The smallest absolute Gasteiger partial charge is 0.350 e. The van der Waals surface area contributed by atoms with E-state index in [1.807, 2.05) is 30.3 Å². The summed E-state index contributed by atoms with van der Waals surface area (Å²) in [6.07, 6.45) is -2.48. The van der Waals surface area contributed by atoms with Crippen molar-refractivity contribution in [3.8, 4) is 0 Å². The predicted octanol–water partition coefficient (Wildman–Crippen LogP) is 4.21. The number of nitrogens with one attached hydrogen (secondary N) is 2. The molecule has 0 atom stereocenters. The van der Waals surface area contributed by atoms with Gasteiger partial charge >= 0.3 is 6.18 Å². The van der Waals surface area contributed by atoms with Crippen molar-refractivity contribution in [2.45, 2.75) is 12.6 Å². The van der Waals surface area contributed by atoms with Crippen LogP contribution in [0.2, 0.25) is 0 Å². The van der Waals surface area contributed by atoms with Crippen molar-refractivity contribution in [2.75, 3.05) is 11.9 Å². The van der Waals surface area contributed by atoms with Gasteiger partial charge in [-0.3, -0.25) is 4.79 Å². The van der Waals surface area contributed by atoms with Gasteiger partial charge in [0.05, 0.1) is 5.56 Å². The highest BCUT2D eigenvalue weighted by Gasteiger charge is 2.29. The SMILES string of the molecule is O=C(NCCc1ccccc1)c1cc(Nc2ccc(C(F)(F)F)cc2)ncn1. The molecule has 2 aromatic carbocycles. The molecule has 144 valence electrons. The van der Waals surface area contributed by atoms with Crippen LogP contribution < -0.4 is 10.6 Å². The molecule has 0 spiro atoms. The molecule has 0 radical (unpaired) electrons. The van der Waals surface area contributed by atoms with Gasteiger partial charge in [0.25, 0.3) is 5.91 Å². The first-order chi connectivity index (χ1) is 13.4. The molecule has 0 aliphatic heterocycles. The number of carbonyl (C=O) groups excluding carboxylic acids is 1. The Balaban J connectivity index is 1.59. The van der Waals surface area contributed by atoms with E-state index in [1.165, 1.54) is 24.5 Å². The second-order valence-electron chi connectivity index (χ2n) is 5.98. The Morgan fingerprint density at radius 1 is 0.964 bits per heavy atom. The number of alkyl halides is 3. The number of nitrogens with zero attached hydrogens (tertiary/aromatic N) is 2. The molecular weight excluding hydrogens is 369 g/mol. The Kier molecular flexibility index (Phi) is 5.88. The summed E-state index contributed by atoms with van der Waals surface area (Å²) in [5, 5.41) is 5.64. The fourth-order valence-corrected chi connectivity index (χ4v) is 2.50. The third-order valence-electron chi connectivity index (χ3n) is 3.93. The lowest BCUT2D eigenvalue weighted by molar-refractivity contribution is -0.137. The molecule has 1 aromatic heterocycles. The summed E-state index contributed by atoms with van der Waals surface area (Å²) in [6, 6.07) is 15.7. The number of benzene rings is 2. The van der Waals surface area contributed by atoms with E-state index in [0.29, 0.717) is 24.5 Å². The van der Waals surface area contributed by atoms with E-state index >= 15 is 0 Å². The zero-order chi connectivity index (χ0) is 20.0. The number of hydrogen-bond donors (Lipinski definition) is 2. The minimum atomic E-state index is -4.39. The van der Waals surface area contributed by atoms with Gasteiger partial charge in [-0.15, -0.1) is 0 Å². The second-order valence-corrected chi connectivity index (χ2v) is 5.98. The lowest BCUT2D eigenvalue weighted by Gasteiger charge is -2.10. The summed E-state index contributed by atoms with van der Waals surface area (Å²) in [6.45, 7) is 0.453. The van der Waals surface area contributed by atoms with Gasteiger partial charge in [-0.25, -0.2) is 9.97 Å². The number of halogens is 3. The van der Waals surface area contributed by atoms with E-state index in [9.17, 15) is 18.0 Å². The zero-order valence-corrected chi connectivity index (χ0v) is 14.7. The van der Waals surface area contributed by atoms with Crippen LogP contribution in [-0.2, 0) is 12.6 Å². The van der Waals surface area contributed by atoms with E-state index in [1.54, 1.807) is 0 Å². The molecule has 3 aromatic rings. The molecule has 3 rings (SSSR count). The Labute approximate surface area is 159 Å². The largest absolute Gasteiger partial charge is 0.416 e. The minimum absolute atomic E-state index is 0.164. The Morgan fingerprint density at radius 2 is 1.68 bits per heavy atom. The van der Waals surface area contributed by atoms with Crippen molar-refractivity contribution in [3.05, 3.63) is 83.8 Å². The van der Waals surface area contributed by atoms with Crippen LogP contribution in [0.25, 0.3) is 0 Å². The van der Waals surface area contributed by atoms with Gasteiger partial charge in [0, 0.05) is 18.3 Å². The van der Waals surface area contributed by atoms with E-state index in [0.717, 1.165) is 17.7 Å². The normalized spacial score (nSPS) is 11.1. The van der Waals surface area contributed by atoms with Gasteiger partial charge < -0.3 is 10.6 Å². The maximum absolute atomic E-state index is 12.6. The topological polar surface area (TPSA) is 66.9 Å². The average Bonchev–Trinajstić information content (AvgIpc) is 2.69. The van der Waals surface area contributed by atoms with Gasteiger partial charge in [0.1, 0.15) is 17.8 Å². The highest BCUT2D eigenvalue weighted by Crippen LogP contribution is 2.30. The predicted molar refractivity (Wildman–Crippen MR) is 99.2 cm³/mol. The summed E-state index contributed by atoms with van der Waals surface area (Å²) >= 11 is 0. The molecule has 0 unspecified atom stereocenters. The summed E-state index contributed by atoms with van der Waals surface area (Å²) < 4.78 is 37.8. The van der Waals surface area contributed by atoms with Crippen LogP contribution >= 0.6 is 0 Å². The Morgan fingerprint density at radius 3 is 2.36 bits per heavy atom. The maximum Gasteiger partial charge on any atom is 0.416 e. The van der Waals surface area contributed by atoms with Crippen LogP contribution in [0.3, 0.4) is 0 Å². The van der Waals surface area contributed by atoms with E-state index in [-0.39, 0.29) is 11.6 Å². The third kappa shape index (κ3) is 5.29. The zero-order valence-electron chi connectivity index (χ0n) is 14.7. The number of rotatable bonds is 6. The highest BCUT2D eigenvalue weighted by atomic mass is 19.4. The monoisotopic (exact) mass is 386 g/mol. The molecular formula is C20H17F3N4O.